The molecule has 1 aromatic rings. The van der Waals surface area contributed by atoms with Gasteiger partial charge in [-0.25, -0.2) is 0 Å². The number of aryl methyl sites for hydroxylation is 1. The highest BCUT2D eigenvalue weighted by Gasteiger charge is 2.34. The number of benzene rings is 1. The predicted octanol–water partition coefficient (Wildman–Crippen LogP) is 3.50. The Morgan fingerprint density at radius 2 is 1.95 bits per heavy atom. The lowest BCUT2D eigenvalue weighted by molar-refractivity contribution is 0.246. The van der Waals surface area contributed by atoms with Gasteiger partial charge in [0.25, 0.3) is 0 Å². The third-order valence-electron chi connectivity index (χ3n) is 4.78. The van der Waals surface area contributed by atoms with Crippen LogP contribution in [0.25, 0.3) is 0 Å². The van der Waals surface area contributed by atoms with Gasteiger partial charge < -0.3 is 10.2 Å². The molecule has 0 atom stereocenters. The number of hydrogen-bond acceptors (Lipinski definition) is 2. The number of nitrogens with one attached hydrogen (secondary N) is 1. The molecule has 0 amide bonds. The van der Waals surface area contributed by atoms with Gasteiger partial charge in [-0.1, -0.05) is 31.4 Å². The van der Waals surface area contributed by atoms with Crippen LogP contribution in [-0.4, -0.2) is 25.2 Å². The van der Waals surface area contributed by atoms with Crippen LogP contribution in [0.2, 0.25) is 0 Å². The molecule has 1 spiro atoms. The Bertz CT molecular complexity index is 421. The van der Waals surface area contributed by atoms with E-state index in [1.54, 1.807) is 0 Å². The molecule has 3 rings (SSSR count). The number of anilines is 1. The van der Waals surface area contributed by atoms with E-state index < -0.39 is 0 Å². The van der Waals surface area contributed by atoms with Crippen LogP contribution < -0.4 is 10.2 Å². The quantitative estimate of drug-likeness (QED) is 0.829. The summed E-state index contributed by atoms with van der Waals surface area (Å²) in [6.45, 7) is 5.76. The molecule has 0 radical (unpaired) electrons. The Morgan fingerprint density at radius 1 is 1.11 bits per heavy atom. The molecule has 1 aliphatic heterocycles. The predicted molar refractivity (Wildman–Crippen MR) is 81.8 cm³/mol. The van der Waals surface area contributed by atoms with Crippen molar-refractivity contribution in [1.29, 1.82) is 0 Å². The highest BCUT2D eigenvalue weighted by molar-refractivity contribution is 5.49. The van der Waals surface area contributed by atoms with Gasteiger partial charge in [0.2, 0.25) is 0 Å². The first kappa shape index (κ1) is 13.0. The van der Waals surface area contributed by atoms with Crippen molar-refractivity contribution in [3.8, 4) is 0 Å². The summed E-state index contributed by atoms with van der Waals surface area (Å²) in [4.78, 5) is 2.61. The minimum absolute atomic E-state index is 0.387. The van der Waals surface area contributed by atoms with Gasteiger partial charge in [0.1, 0.15) is 0 Å². The molecule has 2 fully saturated rings. The molecule has 0 bridgehead atoms. The lowest BCUT2D eigenvalue weighted by Gasteiger charge is -2.40. The third-order valence-corrected chi connectivity index (χ3v) is 4.78. The van der Waals surface area contributed by atoms with Crippen molar-refractivity contribution in [2.75, 3.05) is 24.5 Å². The maximum atomic E-state index is 3.87. The second kappa shape index (κ2) is 5.54. The Morgan fingerprint density at radius 3 is 2.74 bits per heavy atom. The lowest BCUT2D eigenvalue weighted by Crippen LogP contribution is -2.52. The molecule has 1 heterocycles. The van der Waals surface area contributed by atoms with Gasteiger partial charge in [0.15, 0.2) is 0 Å². The molecule has 104 valence electrons. The average molecular weight is 258 g/mol. The van der Waals surface area contributed by atoms with Gasteiger partial charge in [0, 0.05) is 24.3 Å². The van der Waals surface area contributed by atoms with Crippen LogP contribution in [0.15, 0.2) is 24.3 Å². The molecule has 0 aromatic heterocycles. The van der Waals surface area contributed by atoms with Crippen molar-refractivity contribution in [2.24, 2.45) is 0 Å². The van der Waals surface area contributed by atoms with Crippen LogP contribution >= 0.6 is 0 Å². The zero-order valence-corrected chi connectivity index (χ0v) is 12.1. The Labute approximate surface area is 117 Å². The molecular weight excluding hydrogens is 232 g/mol. The minimum Gasteiger partial charge on any atom is -0.370 e. The molecule has 1 saturated carbocycles. The van der Waals surface area contributed by atoms with Gasteiger partial charge in [-0.2, -0.15) is 0 Å². The van der Waals surface area contributed by atoms with Crippen LogP contribution in [0.1, 0.15) is 44.1 Å². The summed E-state index contributed by atoms with van der Waals surface area (Å²) in [5.74, 6) is 0. The topological polar surface area (TPSA) is 15.3 Å². The molecule has 19 heavy (non-hydrogen) atoms. The van der Waals surface area contributed by atoms with Gasteiger partial charge in [0.05, 0.1) is 0 Å². The SMILES string of the molecule is Cc1cccc(N2CCCNC3(CCCCC3)C2)c1. The summed E-state index contributed by atoms with van der Waals surface area (Å²) in [7, 11) is 0. The van der Waals surface area contributed by atoms with Crippen LogP contribution in [0, 0.1) is 6.92 Å². The molecular formula is C17H26N2. The normalized spacial score (nSPS) is 23.3. The van der Waals surface area contributed by atoms with Crippen LogP contribution in [-0.2, 0) is 0 Å². The van der Waals surface area contributed by atoms with Crippen molar-refractivity contribution >= 4 is 5.69 Å². The highest BCUT2D eigenvalue weighted by Crippen LogP contribution is 2.32. The van der Waals surface area contributed by atoms with Crippen LogP contribution in [0.3, 0.4) is 0 Å². The van der Waals surface area contributed by atoms with E-state index in [1.807, 2.05) is 0 Å². The fraction of sp³-hybridized carbons (Fsp3) is 0.647. The van der Waals surface area contributed by atoms with E-state index in [-0.39, 0.29) is 0 Å². The summed E-state index contributed by atoms with van der Waals surface area (Å²) in [6, 6.07) is 8.99. The third kappa shape index (κ3) is 2.94. The van der Waals surface area contributed by atoms with E-state index in [2.05, 4.69) is 41.4 Å². The molecule has 2 nitrogen and oxygen atoms in total. The first-order valence-corrected chi connectivity index (χ1v) is 7.84. The summed E-state index contributed by atoms with van der Waals surface area (Å²) < 4.78 is 0. The Balaban J connectivity index is 1.81. The van der Waals surface area contributed by atoms with E-state index in [4.69, 9.17) is 0 Å². The molecule has 1 aliphatic carbocycles. The second-order valence-corrected chi connectivity index (χ2v) is 6.38. The molecule has 2 aliphatic rings. The number of hydrogen-bond donors (Lipinski definition) is 1. The first-order chi connectivity index (χ1) is 9.27. The lowest BCUT2D eigenvalue weighted by atomic mass is 9.81. The summed E-state index contributed by atoms with van der Waals surface area (Å²) in [5, 5.41) is 3.87. The fourth-order valence-corrected chi connectivity index (χ4v) is 3.73. The zero-order chi connectivity index (χ0) is 13.1. The van der Waals surface area contributed by atoms with Gasteiger partial charge in [-0.15, -0.1) is 0 Å². The summed E-state index contributed by atoms with van der Waals surface area (Å²) >= 11 is 0. The minimum atomic E-state index is 0.387. The van der Waals surface area contributed by atoms with Gasteiger partial charge >= 0.3 is 0 Å². The van der Waals surface area contributed by atoms with Gasteiger partial charge in [-0.3, -0.25) is 0 Å². The largest absolute Gasteiger partial charge is 0.370 e. The summed E-state index contributed by atoms with van der Waals surface area (Å²) in [5.41, 5.74) is 3.17. The molecule has 1 saturated heterocycles. The van der Waals surface area contributed by atoms with E-state index in [0.717, 1.165) is 0 Å². The van der Waals surface area contributed by atoms with Crippen LogP contribution in [0.5, 0.6) is 0 Å². The van der Waals surface area contributed by atoms with E-state index in [1.165, 1.54) is 69.4 Å². The van der Waals surface area contributed by atoms with E-state index >= 15 is 0 Å². The average Bonchev–Trinajstić information content (AvgIpc) is 2.63. The smallest absolute Gasteiger partial charge is 0.0369 e. The zero-order valence-electron chi connectivity index (χ0n) is 12.1. The van der Waals surface area contributed by atoms with Crippen molar-refractivity contribution in [1.82, 2.24) is 5.32 Å². The van der Waals surface area contributed by atoms with Crippen LogP contribution in [0.4, 0.5) is 5.69 Å². The second-order valence-electron chi connectivity index (χ2n) is 6.38. The molecule has 2 heteroatoms. The monoisotopic (exact) mass is 258 g/mol. The molecule has 1 N–H and O–H groups in total. The van der Waals surface area contributed by atoms with Crippen molar-refractivity contribution in [3.05, 3.63) is 29.8 Å². The standard InChI is InChI=1S/C17H26N2/c1-15-7-5-8-16(13-15)19-12-6-11-18-17(14-19)9-3-2-4-10-17/h5,7-8,13,18H,2-4,6,9-12,14H2,1H3. The van der Waals surface area contributed by atoms with Crippen molar-refractivity contribution < 1.29 is 0 Å². The fourth-order valence-electron chi connectivity index (χ4n) is 3.73. The van der Waals surface area contributed by atoms with E-state index in [0.29, 0.717) is 5.54 Å². The maximum Gasteiger partial charge on any atom is 0.0369 e. The van der Waals surface area contributed by atoms with Crippen molar-refractivity contribution in [2.45, 2.75) is 51.0 Å². The Kier molecular flexibility index (Phi) is 3.79. The first-order valence-electron chi connectivity index (χ1n) is 7.84. The molecule has 1 aromatic carbocycles. The number of rotatable bonds is 1. The Hall–Kier alpha value is -1.02. The van der Waals surface area contributed by atoms with E-state index in [9.17, 15) is 0 Å². The molecule has 0 unspecified atom stereocenters. The summed E-state index contributed by atoms with van der Waals surface area (Å²) in [6.07, 6.45) is 8.19. The maximum absolute atomic E-state index is 3.87. The highest BCUT2D eigenvalue weighted by atomic mass is 15.2. The number of nitrogens with zero attached hydrogens (tertiary/aromatic N) is 1. The van der Waals surface area contributed by atoms with Gasteiger partial charge in [-0.05, 0) is 50.4 Å². The van der Waals surface area contributed by atoms with Crippen molar-refractivity contribution in [3.63, 3.8) is 0 Å².